The van der Waals surface area contributed by atoms with E-state index in [0.717, 1.165) is 0 Å². The Morgan fingerprint density at radius 2 is 1.75 bits per heavy atom. The monoisotopic (exact) mass is 195 g/mol. The van der Waals surface area contributed by atoms with Gasteiger partial charge in [0.1, 0.15) is 0 Å². The van der Waals surface area contributed by atoms with Crippen molar-refractivity contribution in [2.45, 2.75) is 3.92 Å². The Morgan fingerprint density at radius 3 is 1.75 bits per heavy atom. The minimum atomic E-state index is -1.84. The Balaban J connectivity index is 3.80. The van der Waals surface area contributed by atoms with E-state index in [1.807, 2.05) is 0 Å². The van der Waals surface area contributed by atoms with Gasteiger partial charge in [0.25, 0.3) is 3.92 Å². The van der Waals surface area contributed by atoms with E-state index in [0.29, 0.717) is 4.42 Å². The highest BCUT2D eigenvalue weighted by Crippen LogP contribution is 2.30. The molecule has 6 heteroatoms. The van der Waals surface area contributed by atoms with Crippen molar-refractivity contribution in [2.75, 3.05) is 0 Å². The maximum atomic E-state index is 9.69. The fraction of sp³-hybridized carbons (Fsp3) is 0.500. The van der Waals surface area contributed by atoms with Gasteiger partial charge in [-0.15, -0.1) is 0 Å². The molecule has 0 aromatic rings. The first-order valence-corrected chi connectivity index (χ1v) is 2.93. The van der Waals surface area contributed by atoms with E-state index in [2.05, 4.69) is 0 Å². The molecule has 0 spiro atoms. The van der Waals surface area contributed by atoms with Crippen LogP contribution in [0.3, 0.4) is 0 Å². The number of carbonyl (C=O) groups excluding carboxylic acids is 1. The van der Waals surface area contributed by atoms with Crippen molar-refractivity contribution >= 4 is 53.0 Å². The molecule has 0 aromatic carbocycles. The van der Waals surface area contributed by atoms with Gasteiger partial charge in [-0.05, 0) is 0 Å². The fourth-order valence-electron chi connectivity index (χ4n) is 0.0598. The van der Waals surface area contributed by atoms with Crippen LogP contribution in [0.4, 0.5) is 0 Å². The van der Waals surface area contributed by atoms with Gasteiger partial charge < -0.3 is 0 Å². The fourth-order valence-corrected chi connectivity index (χ4v) is 0.179. The average molecular weight is 197 g/mol. The molecule has 0 aromatic heterocycles. The van der Waals surface area contributed by atoms with Crippen LogP contribution in [0.25, 0.3) is 0 Å². The number of alkyl halides is 3. The molecule has 8 heavy (non-hydrogen) atoms. The summed E-state index contributed by atoms with van der Waals surface area (Å²) in [7, 11) is 0. The zero-order valence-electron chi connectivity index (χ0n) is 3.44. The standard InChI is InChI=1S/C2HCl4NO/c3-2(4,5)7(6)1-8/h1H. The minimum absolute atomic E-state index is 0.203. The van der Waals surface area contributed by atoms with Crippen molar-refractivity contribution in [1.29, 1.82) is 0 Å². The number of amides is 1. The van der Waals surface area contributed by atoms with Gasteiger partial charge >= 0.3 is 0 Å². The molecule has 2 nitrogen and oxygen atoms in total. The molecule has 0 N–H and O–H groups in total. The Bertz CT molecular complexity index is 88.5. The van der Waals surface area contributed by atoms with Crippen LogP contribution in [0.15, 0.2) is 0 Å². The first kappa shape index (κ1) is 8.63. The summed E-state index contributed by atoms with van der Waals surface area (Å²) in [6.07, 6.45) is 0.203. The largest absolute Gasteiger partial charge is 0.284 e. The Hall–Kier alpha value is 0.630. The first-order chi connectivity index (χ1) is 3.48. The molecular weight excluding hydrogens is 196 g/mol. The normalized spacial score (nSPS) is 11.0. The molecule has 1 amide bonds. The predicted molar refractivity (Wildman–Crippen MR) is 34.0 cm³/mol. The zero-order valence-corrected chi connectivity index (χ0v) is 6.47. The Kier molecular flexibility index (Phi) is 3.20. The molecule has 0 fully saturated rings. The molecule has 0 atom stereocenters. The lowest BCUT2D eigenvalue weighted by molar-refractivity contribution is -0.114. The van der Waals surface area contributed by atoms with Gasteiger partial charge in [0.15, 0.2) is 0 Å². The van der Waals surface area contributed by atoms with Gasteiger partial charge in [0.2, 0.25) is 6.41 Å². The lowest BCUT2D eigenvalue weighted by Crippen LogP contribution is -2.24. The molecule has 48 valence electrons. The molecule has 0 aliphatic carbocycles. The molecule has 0 bridgehead atoms. The second-order valence-corrected chi connectivity index (χ2v) is 3.47. The number of rotatable bonds is 1. The second-order valence-electron chi connectivity index (χ2n) is 0.884. The summed E-state index contributed by atoms with van der Waals surface area (Å²) in [4.78, 5) is 9.69. The number of carbonyl (C=O) groups is 1. The SMILES string of the molecule is O=CN(Cl)C(Cl)(Cl)Cl. The Morgan fingerprint density at radius 1 is 1.38 bits per heavy atom. The van der Waals surface area contributed by atoms with Crippen molar-refractivity contribution in [3.8, 4) is 0 Å². The van der Waals surface area contributed by atoms with Gasteiger partial charge in [0.05, 0.1) is 0 Å². The van der Waals surface area contributed by atoms with E-state index in [4.69, 9.17) is 46.6 Å². The van der Waals surface area contributed by atoms with Crippen LogP contribution in [0.2, 0.25) is 0 Å². The maximum Gasteiger partial charge on any atom is 0.284 e. The van der Waals surface area contributed by atoms with Crippen LogP contribution in [0.1, 0.15) is 0 Å². The molecule has 0 unspecified atom stereocenters. The van der Waals surface area contributed by atoms with E-state index in [9.17, 15) is 4.79 Å². The predicted octanol–water partition coefficient (Wildman–Crippen LogP) is 1.93. The Labute approximate surface area is 66.4 Å². The summed E-state index contributed by atoms with van der Waals surface area (Å²) in [5, 5.41) is 0. The average Bonchev–Trinajstić information content (AvgIpc) is 1.62. The summed E-state index contributed by atoms with van der Waals surface area (Å²) in [6, 6.07) is 0. The second kappa shape index (κ2) is 2.97. The van der Waals surface area contributed by atoms with Crippen LogP contribution >= 0.6 is 46.6 Å². The van der Waals surface area contributed by atoms with E-state index < -0.39 is 3.92 Å². The molecule has 0 rings (SSSR count). The van der Waals surface area contributed by atoms with Gasteiger partial charge in [-0.1, -0.05) is 34.8 Å². The zero-order chi connectivity index (χ0) is 6.78. The molecule has 0 heterocycles. The maximum absolute atomic E-state index is 9.69. The van der Waals surface area contributed by atoms with Crippen LogP contribution in [-0.4, -0.2) is 14.7 Å². The summed E-state index contributed by atoms with van der Waals surface area (Å²) >= 11 is 20.2. The van der Waals surface area contributed by atoms with Crippen molar-refractivity contribution in [3.05, 3.63) is 0 Å². The van der Waals surface area contributed by atoms with Gasteiger partial charge in [-0.3, -0.25) is 4.79 Å². The summed E-state index contributed by atoms with van der Waals surface area (Å²) in [5.74, 6) is 0. The van der Waals surface area contributed by atoms with E-state index in [1.54, 1.807) is 0 Å². The number of hydrogen-bond acceptors (Lipinski definition) is 1. The van der Waals surface area contributed by atoms with Crippen molar-refractivity contribution < 1.29 is 4.79 Å². The molecule has 0 saturated heterocycles. The third kappa shape index (κ3) is 2.82. The van der Waals surface area contributed by atoms with Gasteiger partial charge in [-0.25, -0.2) is 4.42 Å². The van der Waals surface area contributed by atoms with E-state index >= 15 is 0 Å². The third-order valence-electron chi connectivity index (χ3n) is 0.335. The smallest absolute Gasteiger partial charge is 0.277 e. The van der Waals surface area contributed by atoms with Crippen LogP contribution < -0.4 is 0 Å². The highest BCUT2D eigenvalue weighted by molar-refractivity contribution is 6.69. The van der Waals surface area contributed by atoms with E-state index in [1.165, 1.54) is 0 Å². The molecular formula is C2HCl4NO. The number of halogens is 4. The first-order valence-electron chi connectivity index (χ1n) is 1.45. The molecule has 0 aliphatic rings. The highest BCUT2D eigenvalue weighted by atomic mass is 35.6. The quantitative estimate of drug-likeness (QED) is 0.272. The van der Waals surface area contributed by atoms with Gasteiger partial charge in [0, 0.05) is 11.8 Å². The van der Waals surface area contributed by atoms with Crippen molar-refractivity contribution in [2.24, 2.45) is 0 Å². The van der Waals surface area contributed by atoms with E-state index in [-0.39, 0.29) is 6.41 Å². The summed E-state index contributed by atoms with van der Waals surface area (Å²) in [5.41, 5.74) is 0. The summed E-state index contributed by atoms with van der Waals surface area (Å²) < 4.78 is -1.44. The molecule has 0 aliphatic heterocycles. The topological polar surface area (TPSA) is 20.3 Å². The minimum Gasteiger partial charge on any atom is -0.277 e. The third-order valence-corrected chi connectivity index (χ3v) is 1.47. The van der Waals surface area contributed by atoms with Gasteiger partial charge in [-0.2, -0.15) is 0 Å². The highest BCUT2D eigenvalue weighted by Gasteiger charge is 2.26. The van der Waals surface area contributed by atoms with Crippen LogP contribution in [0, 0.1) is 0 Å². The molecule has 0 radical (unpaired) electrons. The number of nitrogens with zero attached hydrogens (tertiary/aromatic N) is 1. The summed E-state index contributed by atoms with van der Waals surface area (Å²) in [6.45, 7) is 0. The van der Waals surface area contributed by atoms with Crippen LogP contribution in [-0.2, 0) is 4.79 Å². The van der Waals surface area contributed by atoms with Crippen molar-refractivity contribution in [1.82, 2.24) is 4.42 Å². The number of hydrogen-bond donors (Lipinski definition) is 0. The lowest BCUT2D eigenvalue weighted by atomic mass is 11.2. The molecule has 0 saturated carbocycles. The van der Waals surface area contributed by atoms with Crippen molar-refractivity contribution in [3.63, 3.8) is 0 Å². The van der Waals surface area contributed by atoms with Crippen LogP contribution in [0.5, 0.6) is 0 Å². The lowest BCUT2D eigenvalue weighted by Gasteiger charge is -2.15.